The molecule has 0 unspecified atom stereocenters. The minimum Gasteiger partial charge on any atom is -0.345 e. The summed E-state index contributed by atoms with van der Waals surface area (Å²) in [7, 11) is 0. The molecule has 2 rings (SSSR count). The van der Waals surface area contributed by atoms with Crippen LogP contribution in [-0.4, -0.2) is 18.0 Å². The molecule has 0 bridgehead atoms. The van der Waals surface area contributed by atoms with E-state index in [2.05, 4.69) is 5.32 Å². The van der Waals surface area contributed by atoms with Crippen molar-refractivity contribution >= 4 is 5.91 Å². The fourth-order valence-electron chi connectivity index (χ4n) is 2.13. The van der Waals surface area contributed by atoms with Gasteiger partial charge in [0.25, 0.3) is 5.91 Å². The summed E-state index contributed by atoms with van der Waals surface area (Å²) in [6.45, 7) is 2.23. The molecule has 0 heterocycles. The van der Waals surface area contributed by atoms with E-state index in [1.807, 2.05) is 0 Å². The summed E-state index contributed by atoms with van der Waals surface area (Å²) in [5, 5.41) is 2.93. The van der Waals surface area contributed by atoms with Gasteiger partial charge in [-0.2, -0.15) is 0 Å². The topological polar surface area (TPSA) is 55.1 Å². The lowest BCUT2D eigenvalue weighted by Gasteiger charge is -2.41. The molecule has 0 atom stereocenters. The monoisotopic (exact) mass is 236 g/mol. The second kappa shape index (κ2) is 4.45. The predicted octanol–water partition coefficient (Wildman–Crippen LogP) is 1.75. The first-order valence-electron chi connectivity index (χ1n) is 5.85. The number of halogens is 1. The SMILES string of the molecule is Cc1ccc(F)cc1C(=O)NC1(CN)CCC1. The summed E-state index contributed by atoms with van der Waals surface area (Å²) >= 11 is 0. The van der Waals surface area contributed by atoms with Gasteiger partial charge in [0.1, 0.15) is 5.82 Å². The van der Waals surface area contributed by atoms with E-state index in [4.69, 9.17) is 5.73 Å². The quantitative estimate of drug-likeness (QED) is 0.840. The number of nitrogens with one attached hydrogen (secondary N) is 1. The lowest BCUT2D eigenvalue weighted by Crippen LogP contribution is -2.58. The largest absolute Gasteiger partial charge is 0.345 e. The first kappa shape index (κ1) is 12.0. The normalized spacial score (nSPS) is 17.4. The zero-order valence-electron chi connectivity index (χ0n) is 9.92. The van der Waals surface area contributed by atoms with Crippen LogP contribution in [0.15, 0.2) is 18.2 Å². The van der Waals surface area contributed by atoms with Gasteiger partial charge >= 0.3 is 0 Å². The zero-order valence-corrected chi connectivity index (χ0v) is 9.92. The van der Waals surface area contributed by atoms with E-state index < -0.39 is 5.82 Å². The molecule has 0 spiro atoms. The number of rotatable bonds is 3. The van der Waals surface area contributed by atoms with Crippen LogP contribution >= 0.6 is 0 Å². The van der Waals surface area contributed by atoms with Gasteiger partial charge in [-0.05, 0) is 43.9 Å². The Morgan fingerprint density at radius 3 is 2.76 bits per heavy atom. The van der Waals surface area contributed by atoms with E-state index in [9.17, 15) is 9.18 Å². The van der Waals surface area contributed by atoms with Crippen LogP contribution < -0.4 is 11.1 Å². The van der Waals surface area contributed by atoms with Gasteiger partial charge < -0.3 is 11.1 Å². The molecule has 1 aromatic carbocycles. The Kier molecular flexibility index (Phi) is 3.15. The van der Waals surface area contributed by atoms with Crippen molar-refractivity contribution in [3.8, 4) is 0 Å². The maximum atomic E-state index is 13.1. The molecule has 3 nitrogen and oxygen atoms in total. The number of hydrogen-bond donors (Lipinski definition) is 2. The van der Waals surface area contributed by atoms with E-state index in [1.165, 1.54) is 12.1 Å². The Bertz CT molecular complexity index is 436. The van der Waals surface area contributed by atoms with Crippen molar-refractivity contribution in [1.29, 1.82) is 0 Å². The molecule has 17 heavy (non-hydrogen) atoms. The Hall–Kier alpha value is -1.42. The molecule has 0 aromatic heterocycles. The third kappa shape index (κ3) is 2.31. The van der Waals surface area contributed by atoms with Gasteiger partial charge in [0.15, 0.2) is 0 Å². The maximum Gasteiger partial charge on any atom is 0.252 e. The lowest BCUT2D eigenvalue weighted by molar-refractivity contribution is 0.0836. The van der Waals surface area contributed by atoms with Gasteiger partial charge in [-0.15, -0.1) is 0 Å². The second-order valence-electron chi connectivity index (χ2n) is 4.75. The molecule has 3 N–H and O–H groups in total. The van der Waals surface area contributed by atoms with E-state index in [-0.39, 0.29) is 11.4 Å². The summed E-state index contributed by atoms with van der Waals surface area (Å²) in [4.78, 5) is 12.1. The third-order valence-corrected chi connectivity index (χ3v) is 3.52. The van der Waals surface area contributed by atoms with Crippen LogP contribution in [0.25, 0.3) is 0 Å². The maximum absolute atomic E-state index is 13.1. The number of aryl methyl sites for hydroxylation is 1. The number of hydrogen-bond acceptors (Lipinski definition) is 2. The van der Waals surface area contributed by atoms with Crippen LogP contribution in [-0.2, 0) is 0 Å². The number of benzene rings is 1. The summed E-state index contributed by atoms with van der Waals surface area (Å²) in [6.07, 6.45) is 2.90. The molecule has 1 aliphatic carbocycles. The second-order valence-corrected chi connectivity index (χ2v) is 4.75. The Balaban J connectivity index is 2.17. The fourth-order valence-corrected chi connectivity index (χ4v) is 2.13. The molecule has 0 saturated heterocycles. The summed E-state index contributed by atoms with van der Waals surface area (Å²) < 4.78 is 13.1. The molecule has 1 saturated carbocycles. The van der Waals surface area contributed by atoms with E-state index in [0.29, 0.717) is 12.1 Å². The van der Waals surface area contributed by atoms with Crippen LogP contribution in [0.4, 0.5) is 4.39 Å². The molecule has 1 fully saturated rings. The zero-order chi connectivity index (χ0) is 12.5. The van der Waals surface area contributed by atoms with Crippen molar-refractivity contribution in [1.82, 2.24) is 5.32 Å². The highest BCUT2D eigenvalue weighted by Crippen LogP contribution is 2.31. The molecule has 0 aliphatic heterocycles. The van der Waals surface area contributed by atoms with Gasteiger partial charge in [-0.25, -0.2) is 4.39 Å². The highest BCUT2D eigenvalue weighted by Gasteiger charge is 2.37. The van der Waals surface area contributed by atoms with E-state index >= 15 is 0 Å². The summed E-state index contributed by atoms with van der Waals surface area (Å²) in [6, 6.07) is 4.24. The molecular weight excluding hydrogens is 219 g/mol. The average molecular weight is 236 g/mol. The summed E-state index contributed by atoms with van der Waals surface area (Å²) in [5.74, 6) is -0.622. The van der Waals surface area contributed by atoms with Crippen molar-refractivity contribution in [3.63, 3.8) is 0 Å². The molecule has 1 aliphatic rings. The average Bonchev–Trinajstić information content (AvgIpc) is 2.26. The van der Waals surface area contributed by atoms with E-state index in [1.54, 1.807) is 13.0 Å². The molecule has 1 amide bonds. The fraction of sp³-hybridized carbons (Fsp3) is 0.462. The van der Waals surface area contributed by atoms with Crippen LogP contribution in [0.2, 0.25) is 0 Å². The number of nitrogens with two attached hydrogens (primary N) is 1. The lowest BCUT2D eigenvalue weighted by atomic mass is 9.76. The van der Waals surface area contributed by atoms with Gasteiger partial charge in [0, 0.05) is 12.1 Å². The highest BCUT2D eigenvalue weighted by atomic mass is 19.1. The smallest absolute Gasteiger partial charge is 0.252 e. The first-order chi connectivity index (χ1) is 8.06. The number of amides is 1. The highest BCUT2D eigenvalue weighted by molar-refractivity contribution is 5.96. The Labute approximate surface area is 100 Å². The Morgan fingerprint density at radius 1 is 1.53 bits per heavy atom. The van der Waals surface area contributed by atoms with Crippen LogP contribution in [0.1, 0.15) is 35.2 Å². The summed E-state index contributed by atoms with van der Waals surface area (Å²) in [5.41, 5.74) is 6.57. The molecule has 4 heteroatoms. The number of carbonyl (C=O) groups excluding carboxylic acids is 1. The van der Waals surface area contributed by atoms with Crippen LogP contribution in [0, 0.1) is 12.7 Å². The first-order valence-corrected chi connectivity index (χ1v) is 5.85. The molecule has 92 valence electrons. The molecule has 1 aromatic rings. The standard InChI is InChI=1S/C13H17FN2O/c1-9-3-4-10(14)7-11(9)12(17)16-13(8-15)5-2-6-13/h3-4,7H,2,5-6,8,15H2,1H3,(H,16,17). The Morgan fingerprint density at radius 2 is 2.24 bits per heavy atom. The van der Waals surface area contributed by atoms with Crippen molar-refractivity contribution in [2.45, 2.75) is 31.7 Å². The third-order valence-electron chi connectivity index (χ3n) is 3.52. The number of carbonyl (C=O) groups is 1. The van der Waals surface area contributed by atoms with Gasteiger partial charge in [0.2, 0.25) is 0 Å². The van der Waals surface area contributed by atoms with Gasteiger partial charge in [-0.1, -0.05) is 6.07 Å². The predicted molar refractivity (Wildman–Crippen MR) is 64.2 cm³/mol. The van der Waals surface area contributed by atoms with Crippen molar-refractivity contribution in [2.24, 2.45) is 5.73 Å². The minimum atomic E-state index is -0.392. The van der Waals surface area contributed by atoms with Crippen molar-refractivity contribution in [3.05, 3.63) is 35.1 Å². The molecule has 0 radical (unpaired) electrons. The van der Waals surface area contributed by atoms with Crippen LogP contribution in [0.5, 0.6) is 0 Å². The van der Waals surface area contributed by atoms with E-state index in [0.717, 1.165) is 24.8 Å². The van der Waals surface area contributed by atoms with Gasteiger partial charge in [-0.3, -0.25) is 4.79 Å². The minimum absolute atomic E-state index is 0.229. The molecular formula is C13H17FN2O. The van der Waals surface area contributed by atoms with Gasteiger partial charge in [0.05, 0.1) is 5.54 Å². The van der Waals surface area contributed by atoms with Crippen molar-refractivity contribution in [2.75, 3.05) is 6.54 Å². The van der Waals surface area contributed by atoms with Crippen LogP contribution in [0.3, 0.4) is 0 Å². The van der Waals surface area contributed by atoms with Crippen molar-refractivity contribution < 1.29 is 9.18 Å².